The van der Waals surface area contributed by atoms with Crippen LogP contribution in [0, 0.1) is 11.8 Å². The van der Waals surface area contributed by atoms with Crippen LogP contribution in [0.3, 0.4) is 0 Å². The van der Waals surface area contributed by atoms with Crippen molar-refractivity contribution in [2.45, 2.75) is 237 Å². The second-order valence-electron chi connectivity index (χ2n) is 21.7. The quantitative estimate of drug-likeness (QED) is 0.0187. The van der Waals surface area contributed by atoms with Gasteiger partial charge in [-0.05, 0) is 56.9 Å². The van der Waals surface area contributed by atoms with Gasteiger partial charge in [-0.2, -0.15) is 0 Å². The fraction of sp³-hybridized carbons (Fsp3) is 0.811. The van der Waals surface area contributed by atoms with Crippen molar-refractivity contribution in [2.75, 3.05) is 26.3 Å². The Morgan fingerprint density at radius 2 is 1.19 bits per heavy atom. The van der Waals surface area contributed by atoms with Crippen LogP contribution in [0.25, 0.3) is 0 Å². The molecule has 2 rings (SSSR count). The van der Waals surface area contributed by atoms with Gasteiger partial charge in [-0.15, -0.1) is 0 Å². The first kappa shape index (κ1) is 70.5. The van der Waals surface area contributed by atoms with E-state index in [-0.39, 0.29) is 69.5 Å². The highest BCUT2D eigenvalue weighted by Crippen LogP contribution is 2.16. The summed E-state index contributed by atoms with van der Waals surface area (Å²) in [6.07, 6.45) is 10.6. The number of carbonyl (C=O) groups is 10. The van der Waals surface area contributed by atoms with Gasteiger partial charge in [0.15, 0.2) is 0 Å². The van der Waals surface area contributed by atoms with E-state index < -0.39 is 133 Å². The lowest BCUT2D eigenvalue weighted by molar-refractivity contribution is -0.270. The van der Waals surface area contributed by atoms with Crippen molar-refractivity contribution in [3.8, 4) is 0 Å². The number of primary amides is 2. The minimum atomic E-state index is -1.68. The number of aliphatic hydroxyl groups is 2. The van der Waals surface area contributed by atoms with E-state index in [0.717, 1.165) is 19.3 Å². The monoisotopic (exact) mass is 1140 g/mol. The first-order valence-electron chi connectivity index (χ1n) is 28.8. The molecule has 2 aliphatic rings. The zero-order valence-corrected chi connectivity index (χ0v) is 47.8. The van der Waals surface area contributed by atoms with Gasteiger partial charge in [0.05, 0.1) is 37.1 Å². The average molecular weight is 1140 g/mol. The lowest BCUT2D eigenvalue weighted by Gasteiger charge is -2.33. The Morgan fingerprint density at radius 3 is 1.71 bits per heavy atom. The number of hydrogen-bond donors (Lipinski definition) is 15. The van der Waals surface area contributed by atoms with Gasteiger partial charge >= 0.3 is 11.9 Å². The number of rotatable bonds is 44. The van der Waals surface area contributed by atoms with Crippen LogP contribution in [0.1, 0.15) is 176 Å². The Balaban J connectivity index is 2.15. The molecule has 8 amide bonds. The molecule has 0 radical (unpaired) electrons. The lowest BCUT2D eigenvalue weighted by atomic mass is 9.98. The highest BCUT2D eigenvalue weighted by Gasteiger charge is 2.38. The highest BCUT2D eigenvalue weighted by atomic mass is 17.2. The molecular weight excluding hydrogens is 1040 g/mol. The zero-order chi connectivity index (χ0) is 59.6. The van der Waals surface area contributed by atoms with E-state index >= 15 is 0 Å². The molecule has 80 heavy (non-hydrogen) atoms. The zero-order valence-electron chi connectivity index (χ0n) is 47.8. The molecular formula is C53H97N13O14. The molecule has 0 spiro atoms. The molecule has 18 N–H and O–H groups in total. The van der Waals surface area contributed by atoms with Gasteiger partial charge in [0, 0.05) is 38.5 Å². The fourth-order valence-electron chi connectivity index (χ4n) is 9.23. The summed E-state index contributed by atoms with van der Waals surface area (Å²) >= 11 is 0. The second kappa shape index (κ2) is 39.8. The van der Waals surface area contributed by atoms with Gasteiger partial charge < -0.3 is 69.9 Å². The van der Waals surface area contributed by atoms with Crippen molar-refractivity contribution >= 4 is 59.2 Å². The standard InChI is InChI=1S/C53H97N13O14/c1-6-7-8-9-10-11-12-13-14-15-16-17-18-21-42(69)58-30-43(70)65-45(32(2)3)52(77)66-46(33(4)5)51(76)62-37(23-25-41(56)68)48(73)61-36(22-24-40(55)67)49(74)63-38(27-34-29-57-31-59-34)50(75)60-35(20-19-26-54)47(72)64-39-28-44(71)79-80-53(39)78/h32-39,45-46,50,52,57,59-60,66,75,77H,6-31,54H2,1-5H3,(H2,55,67)(H2,56,68)(H,58,69)(H,61,73)(H,62,76)(H,63,74)(H,64,72)(H,65,70)/t34?,35?,36?,37-,38?,39?,45?,46?,50?,52?/m0/s1. The summed E-state index contributed by atoms with van der Waals surface area (Å²) in [5.41, 5.74) is 16.6. The van der Waals surface area contributed by atoms with Crippen molar-refractivity contribution in [1.82, 2.24) is 53.2 Å². The number of aliphatic hydroxyl groups excluding tert-OH is 2. The summed E-state index contributed by atoms with van der Waals surface area (Å²) in [6.45, 7) is 9.64. The Kier molecular flexibility index (Phi) is 35.0. The largest absolute Gasteiger partial charge is 0.378 e. The highest BCUT2D eigenvalue weighted by molar-refractivity contribution is 5.94. The molecule has 27 nitrogen and oxygen atoms in total. The Morgan fingerprint density at radius 1 is 0.625 bits per heavy atom. The molecule has 2 heterocycles. The number of hydrogen-bond acceptors (Lipinski definition) is 19. The predicted molar refractivity (Wildman–Crippen MR) is 295 cm³/mol. The Hall–Kier alpha value is -5.58. The minimum absolute atomic E-state index is 0.0345. The molecule has 2 aliphatic heterocycles. The third-order valence-electron chi connectivity index (χ3n) is 14.0. The molecule has 0 saturated carbocycles. The third kappa shape index (κ3) is 29.2. The van der Waals surface area contributed by atoms with Crippen molar-refractivity contribution in [2.24, 2.45) is 29.0 Å². The lowest BCUT2D eigenvalue weighted by Crippen LogP contribution is -2.62. The predicted octanol–water partition coefficient (Wildman–Crippen LogP) is -1.54. The summed E-state index contributed by atoms with van der Waals surface area (Å²) in [5.74, 6) is -8.84. The molecule has 0 bridgehead atoms. The van der Waals surface area contributed by atoms with Crippen LogP contribution in [-0.4, -0.2) is 157 Å². The summed E-state index contributed by atoms with van der Waals surface area (Å²) < 4.78 is 0. The van der Waals surface area contributed by atoms with Crippen LogP contribution in [0.5, 0.6) is 0 Å². The third-order valence-corrected chi connectivity index (χ3v) is 14.0. The first-order valence-corrected chi connectivity index (χ1v) is 28.8. The van der Waals surface area contributed by atoms with Crippen molar-refractivity contribution in [3.63, 3.8) is 0 Å². The van der Waals surface area contributed by atoms with E-state index in [4.69, 9.17) is 17.2 Å². The average Bonchev–Trinajstić information content (AvgIpc) is 3.92. The van der Waals surface area contributed by atoms with E-state index in [1.807, 2.05) is 0 Å². The van der Waals surface area contributed by atoms with Gasteiger partial charge in [-0.1, -0.05) is 112 Å². The van der Waals surface area contributed by atoms with Gasteiger partial charge in [0.25, 0.3) is 0 Å². The normalized spacial score (nSPS) is 18.3. The maximum atomic E-state index is 14.2. The van der Waals surface area contributed by atoms with Crippen LogP contribution >= 0.6 is 0 Å². The van der Waals surface area contributed by atoms with Gasteiger partial charge in [-0.25, -0.2) is 19.4 Å². The van der Waals surface area contributed by atoms with Crippen LogP contribution in [0.4, 0.5) is 0 Å². The summed E-state index contributed by atoms with van der Waals surface area (Å²) in [4.78, 5) is 138. The van der Waals surface area contributed by atoms with Gasteiger partial charge in [-0.3, -0.25) is 49.0 Å². The molecule has 9 unspecified atom stereocenters. The maximum Gasteiger partial charge on any atom is 0.378 e. The number of carbonyl (C=O) groups excluding carboxylic acids is 10. The molecule has 10 atom stereocenters. The number of nitrogens with one attached hydrogen (secondary N) is 10. The fourth-order valence-corrected chi connectivity index (χ4v) is 9.23. The molecule has 0 aromatic heterocycles. The second-order valence-corrected chi connectivity index (χ2v) is 21.7. The molecule has 0 aromatic rings. The number of unbranched alkanes of at least 4 members (excludes halogenated alkanes) is 12. The van der Waals surface area contributed by atoms with Crippen molar-refractivity contribution in [1.29, 1.82) is 0 Å². The summed E-state index contributed by atoms with van der Waals surface area (Å²) in [5, 5.41) is 50.6. The minimum Gasteiger partial charge on any atom is -0.376 e. The van der Waals surface area contributed by atoms with Crippen LogP contribution in [0.2, 0.25) is 0 Å². The molecule has 2 saturated heterocycles. The van der Waals surface area contributed by atoms with Crippen LogP contribution in [0.15, 0.2) is 0 Å². The maximum absolute atomic E-state index is 14.2. The van der Waals surface area contributed by atoms with E-state index in [1.54, 1.807) is 27.7 Å². The molecule has 2 fully saturated rings. The Bertz CT molecular complexity index is 1940. The summed E-state index contributed by atoms with van der Waals surface area (Å²) in [6, 6.07) is -9.37. The van der Waals surface area contributed by atoms with Crippen LogP contribution in [-0.2, 0) is 57.7 Å². The van der Waals surface area contributed by atoms with Gasteiger partial charge in [0.2, 0.25) is 47.3 Å². The molecule has 0 aromatic carbocycles. The van der Waals surface area contributed by atoms with E-state index in [0.29, 0.717) is 19.6 Å². The van der Waals surface area contributed by atoms with E-state index in [2.05, 4.69) is 69.9 Å². The van der Waals surface area contributed by atoms with Crippen molar-refractivity contribution in [3.05, 3.63) is 0 Å². The Labute approximate surface area is 471 Å². The van der Waals surface area contributed by atoms with Crippen molar-refractivity contribution < 1.29 is 67.9 Å². The summed E-state index contributed by atoms with van der Waals surface area (Å²) in [7, 11) is 0. The molecule has 27 heteroatoms. The smallest absolute Gasteiger partial charge is 0.376 e. The van der Waals surface area contributed by atoms with Gasteiger partial charge in [0.1, 0.15) is 30.6 Å². The topological polar surface area (TPSA) is 428 Å². The van der Waals surface area contributed by atoms with E-state index in [9.17, 15) is 58.2 Å². The molecule has 0 aliphatic carbocycles. The molecule has 458 valence electrons. The number of amides is 8. The first-order chi connectivity index (χ1) is 38.1. The SMILES string of the molecule is CCCCCCCCCCCCCCCC(=O)NCC(=O)NC(C(C)C)C(O)NC(C(=O)N[C@@H](CCC(N)=O)C(=O)NC(CCC(N)=O)C(=O)NC(CC1CNCN1)C(O)NC(CCCN)C(=O)NC1CC(=O)OOC1=O)C(C)C. The number of nitrogens with two attached hydrogens (primary N) is 3. The van der Waals surface area contributed by atoms with E-state index in [1.165, 1.54) is 57.8 Å². The van der Waals surface area contributed by atoms with Crippen LogP contribution < -0.4 is 70.4 Å².